The van der Waals surface area contributed by atoms with Gasteiger partial charge < -0.3 is 0 Å². The first-order chi connectivity index (χ1) is 8.91. The molecule has 0 spiro atoms. The third-order valence-electron chi connectivity index (χ3n) is 2.53. The lowest BCUT2D eigenvalue weighted by Gasteiger charge is -2.00. The predicted octanol–water partition coefficient (Wildman–Crippen LogP) is 6.14. The van der Waals surface area contributed by atoms with Gasteiger partial charge in [-0.05, 0) is 32.9 Å². The van der Waals surface area contributed by atoms with E-state index in [0.29, 0.717) is 15.6 Å². The first-order valence-corrected chi connectivity index (χ1v) is 6.65. The molecule has 0 unspecified atom stereocenters. The van der Waals surface area contributed by atoms with Crippen LogP contribution in [0.3, 0.4) is 0 Å². The van der Waals surface area contributed by atoms with Crippen LogP contribution in [0.1, 0.15) is 35.8 Å². The number of aryl methyl sites for hydroxylation is 2. The van der Waals surface area contributed by atoms with Crippen LogP contribution in [0.2, 0.25) is 10.0 Å². The van der Waals surface area contributed by atoms with Gasteiger partial charge in [0.2, 0.25) is 0 Å². The maximum atomic E-state index is 10.9. The number of hydrogen-bond acceptors (Lipinski definition) is 1. The molecule has 20 heavy (non-hydrogen) atoms. The Balaban J connectivity index is 0.000000359. The second kappa shape index (κ2) is 8.78. The number of hydrogen-bond donors (Lipinski definition) is 0. The molecule has 0 fully saturated rings. The van der Waals surface area contributed by atoms with Gasteiger partial charge in [0, 0.05) is 0 Å². The van der Waals surface area contributed by atoms with Crippen molar-refractivity contribution in [3.63, 3.8) is 0 Å². The molecule has 3 heteroatoms. The van der Waals surface area contributed by atoms with Crippen molar-refractivity contribution in [3.05, 3.63) is 69.2 Å². The molecule has 0 atom stereocenters. The molecular formula is C17H20Cl2O. The van der Waals surface area contributed by atoms with Gasteiger partial charge in [-0.3, -0.25) is 4.79 Å². The van der Waals surface area contributed by atoms with E-state index in [1.807, 2.05) is 0 Å². The van der Waals surface area contributed by atoms with E-state index in [-0.39, 0.29) is 13.2 Å². The van der Waals surface area contributed by atoms with Crippen LogP contribution < -0.4 is 0 Å². The predicted molar refractivity (Wildman–Crippen MR) is 89.1 cm³/mol. The number of carbonyl (C=O) groups excluding carboxylic acids is 1. The van der Waals surface area contributed by atoms with Crippen molar-refractivity contribution >= 4 is 29.0 Å². The maximum Gasteiger partial charge on any atom is 0.162 e. The molecule has 0 N–H and O–H groups in total. The zero-order chi connectivity index (χ0) is 14.4. The van der Waals surface area contributed by atoms with Gasteiger partial charge in [-0.15, -0.1) is 0 Å². The molecule has 2 rings (SSSR count). The smallest absolute Gasteiger partial charge is 0.162 e. The minimum Gasteiger partial charge on any atom is -0.294 e. The van der Waals surface area contributed by atoms with Gasteiger partial charge in [-0.1, -0.05) is 72.1 Å². The van der Waals surface area contributed by atoms with Crippen LogP contribution >= 0.6 is 23.2 Å². The average molecular weight is 311 g/mol. The molecule has 0 saturated heterocycles. The average Bonchev–Trinajstić information content (AvgIpc) is 2.33. The molecule has 0 heterocycles. The highest BCUT2D eigenvalue weighted by Crippen LogP contribution is 2.24. The molecule has 0 aliphatic rings. The first-order valence-electron chi connectivity index (χ1n) is 5.90. The summed E-state index contributed by atoms with van der Waals surface area (Å²) in [4.78, 5) is 10.9. The fourth-order valence-electron chi connectivity index (χ4n) is 1.47. The van der Waals surface area contributed by atoms with Crippen LogP contribution in [0.25, 0.3) is 0 Å². The Morgan fingerprint density at radius 1 is 0.850 bits per heavy atom. The maximum absolute atomic E-state index is 10.9. The minimum absolute atomic E-state index is 0. The number of carbonyl (C=O) groups is 1. The third-order valence-corrected chi connectivity index (χ3v) is 3.16. The summed E-state index contributed by atoms with van der Waals surface area (Å²) in [7, 11) is 0. The summed E-state index contributed by atoms with van der Waals surface area (Å²) >= 11 is 11.4. The fraction of sp³-hybridized carbons (Fsp3) is 0.235. The molecule has 0 aliphatic heterocycles. The van der Waals surface area contributed by atoms with E-state index >= 15 is 0 Å². The van der Waals surface area contributed by atoms with Crippen molar-refractivity contribution in [3.8, 4) is 0 Å². The summed E-state index contributed by atoms with van der Waals surface area (Å²) in [6.07, 6.45) is 0. The molecule has 1 nitrogen and oxygen atoms in total. The molecule has 0 radical (unpaired) electrons. The summed E-state index contributed by atoms with van der Waals surface area (Å²) in [5.41, 5.74) is 3.06. The minimum atomic E-state index is -0.111. The molecule has 2 aromatic rings. The topological polar surface area (TPSA) is 17.1 Å². The summed E-state index contributed by atoms with van der Waals surface area (Å²) in [6, 6.07) is 13.5. The van der Waals surface area contributed by atoms with E-state index in [1.165, 1.54) is 18.1 Å². The Bertz CT molecular complexity index is 518. The first kappa shape index (κ1) is 18.7. The van der Waals surface area contributed by atoms with E-state index in [0.717, 1.165) is 0 Å². The summed E-state index contributed by atoms with van der Waals surface area (Å²) < 4.78 is 0. The summed E-state index contributed by atoms with van der Waals surface area (Å²) in [6.45, 7) is 5.63. The summed E-state index contributed by atoms with van der Waals surface area (Å²) in [5.74, 6) is -0.111. The monoisotopic (exact) mass is 310 g/mol. The highest BCUT2D eigenvalue weighted by atomic mass is 35.5. The molecule has 0 aliphatic carbocycles. The Morgan fingerprint density at radius 2 is 1.20 bits per heavy atom. The summed E-state index contributed by atoms with van der Waals surface area (Å²) in [5, 5.41) is 0.815. The zero-order valence-electron chi connectivity index (χ0n) is 11.2. The lowest BCUT2D eigenvalue weighted by molar-refractivity contribution is 0.101. The van der Waals surface area contributed by atoms with Gasteiger partial charge in [0.25, 0.3) is 0 Å². The van der Waals surface area contributed by atoms with Gasteiger partial charge in [-0.2, -0.15) is 0 Å². The van der Waals surface area contributed by atoms with Crippen LogP contribution in [0, 0.1) is 13.8 Å². The van der Waals surface area contributed by atoms with E-state index in [1.54, 1.807) is 18.2 Å². The van der Waals surface area contributed by atoms with Gasteiger partial charge in [0.05, 0.1) is 15.6 Å². The quantitative estimate of drug-likeness (QED) is 0.578. The van der Waals surface area contributed by atoms with Crippen molar-refractivity contribution < 1.29 is 4.79 Å². The normalized spacial score (nSPS) is 9.05. The van der Waals surface area contributed by atoms with Crippen molar-refractivity contribution in [1.29, 1.82) is 0 Å². The van der Waals surface area contributed by atoms with E-state index < -0.39 is 0 Å². The molecule has 0 amide bonds. The Morgan fingerprint density at radius 3 is 1.45 bits per heavy atom. The largest absolute Gasteiger partial charge is 0.294 e. The molecule has 0 saturated carbocycles. The van der Waals surface area contributed by atoms with Crippen LogP contribution in [-0.2, 0) is 0 Å². The number of ketones is 1. The van der Waals surface area contributed by atoms with Gasteiger partial charge in [0.1, 0.15) is 0 Å². The molecule has 0 aromatic heterocycles. The lowest BCUT2D eigenvalue weighted by Crippen LogP contribution is -1.93. The van der Waals surface area contributed by atoms with Gasteiger partial charge in [0.15, 0.2) is 5.78 Å². The molecule has 0 bridgehead atoms. The van der Waals surface area contributed by atoms with E-state index in [2.05, 4.69) is 38.1 Å². The number of halogens is 2. The Kier molecular flexibility index (Phi) is 8.21. The van der Waals surface area contributed by atoms with E-state index in [9.17, 15) is 4.79 Å². The van der Waals surface area contributed by atoms with Crippen LogP contribution in [0.4, 0.5) is 0 Å². The molecule has 108 valence electrons. The fourth-order valence-corrected chi connectivity index (χ4v) is 2.13. The molecule has 2 aromatic carbocycles. The van der Waals surface area contributed by atoms with Gasteiger partial charge >= 0.3 is 0 Å². The zero-order valence-corrected chi connectivity index (χ0v) is 12.7. The number of rotatable bonds is 1. The van der Waals surface area contributed by atoms with Crippen molar-refractivity contribution in [2.24, 2.45) is 0 Å². The SMILES string of the molecule is C.CC(=O)c1c(Cl)cccc1Cl.Cc1ccc(C)cc1. The number of benzene rings is 2. The second-order valence-corrected chi connectivity index (χ2v) is 5.12. The van der Waals surface area contributed by atoms with Crippen molar-refractivity contribution in [2.75, 3.05) is 0 Å². The highest BCUT2D eigenvalue weighted by molar-refractivity contribution is 6.39. The second-order valence-electron chi connectivity index (χ2n) is 4.31. The Labute approximate surface area is 131 Å². The van der Waals surface area contributed by atoms with Crippen LogP contribution in [-0.4, -0.2) is 5.78 Å². The van der Waals surface area contributed by atoms with Crippen LogP contribution in [0.5, 0.6) is 0 Å². The Hall–Kier alpha value is -1.31. The molecular weight excluding hydrogens is 291 g/mol. The van der Waals surface area contributed by atoms with Crippen molar-refractivity contribution in [2.45, 2.75) is 28.2 Å². The number of Topliss-reactive ketones (excluding diaryl/α,β-unsaturated/α-hetero) is 1. The standard InChI is InChI=1S/C8H6Cl2O.C8H10.CH4/c1-5(11)8-6(9)3-2-4-7(8)10;1-7-3-5-8(2)6-4-7;/h2-4H,1H3;3-6H,1-2H3;1H4. The highest BCUT2D eigenvalue weighted by Gasteiger charge is 2.08. The van der Waals surface area contributed by atoms with Crippen molar-refractivity contribution in [1.82, 2.24) is 0 Å². The van der Waals surface area contributed by atoms with E-state index in [4.69, 9.17) is 23.2 Å². The lowest BCUT2D eigenvalue weighted by atomic mass is 10.1. The third kappa shape index (κ3) is 5.77. The van der Waals surface area contributed by atoms with Gasteiger partial charge in [-0.25, -0.2) is 0 Å². The van der Waals surface area contributed by atoms with Crippen LogP contribution in [0.15, 0.2) is 42.5 Å².